The van der Waals surface area contributed by atoms with E-state index >= 15 is 0 Å². The van der Waals surface area contributed by atoms with Crippen LogP contribution in [0.2, 0.25) is 0 Å². The highest BCUT2D eigenvalue weighted by Gasteiger charge is 2.01. The topological polar surface area (TPSA) is 72.1 Å². The van der Waals surface area contributed by atoms with Crippen molar-refractivity contribution >= 4 is 5.96 Å². The maximum Gasteiger partial charge on any atom is 0.191 e. The van der Waals surface area contributed by atoms with E-state index in [-0.39, 0.29) is 0 Å². The predicted molar refractivity (Wildman–Crippen MR) is 102 cm³/mol. The Morgan fingerprint density at radius 1 is 1.16 bits per heavy atom. The van der Waals surface area contributed by atoms with Gasteiger partial charge in [0.15, 0.2) is 5.96 Å². The molecule has 0 aliphatic heterocycles. The van der Waals surface area contributed by atoms with Crippen molar-refractivity contribution in [1.29, 1.82) is 0 Å². The molecule has 0 saturated carbocycles. The Kier molecular flexibility index (Phi) is 7.50. The maximum absolute atomic E-state index is 4.64. The molecule has 0 aromatic carbocycles. The lowest BCUT2D eigenvalue weighted by Crippen LogP contribution is -2.38. The van der Waals surface area contributed by atoms with E-state index in [0.717, 1.165) is 57.2 Å². The molecule has 2 N–H and O–H groups in total. The van der Waals surface area contributed by atoms with Gasteiger partial charge in [0.2, 0.25) is 0 Å². The number of aliphatic imine (C=N–C) groups is 1. The lowest BCUT2D eigenvalue weighted by Gasteiger charge is -2.11. The first-order chi connectivity index (χ1) is 12.1. The molecule has 0 bridgehead atoms. The van der Waals surface area contributed by atoms with Crippen LogP contribution in [-0.4, -0.2) is 45.2 Å². The summed E-state index contributed by atoms with van der Waals surface area (Å²) in [5.41, 5.74) is 3.48. The van der Waals surface area contributed by atoms with Crippen LogP contribution in [0.3, 0.4) is 0 Å². The van der Waals surface area contributed by atoms with E-state index < -0.39 is 0 Å². The Morgan fingerprint density at radius 3 is 2.64 bits per heavy atom. The van der Waals surface area contributed by atoms with Gasteiger partial charge in [-0.2, -0.15) is 10.2 Å². The first-order valence-electron chi connectivity index (χ1n) is 9.10. The molecule has 7 nitrogen and oxygen atoms in total. The van der Waals surface area contributed by atoms with Crippen LogP contribution in [0.15, 0.2) is 23.5 Å². The van der Waals surface area contributed by atoms with Gasteiger partial charge in [0, 0.05) is 44.6 Å². The van der Waals surface area contributed by atoms with E-state index in [1.165, 1.54) is 11.3 Å². The first-order valence-corrected chi connectivity index (χ1v) is 9.10. The summed E-state index contributed by atoms with van der Waals surface area (Å²) in [6.45, 7) is 12.6. The van der Waals surface area contributed by atoms with Crippen LogP contribution < -0.4 is 10.6 Å². The second-order valence-corrected chi connectivity index (χ2v) is 6.33. The van der Waals surface area contributed by atoms with Gasteiger partial charge in [0.25, 0.3) is 0 Å². The highest BCUT2D eigenvalue weighted by atomic mass is 15.3. The Balaban J connectivity index is 1.69. The predicted octanol–water partition coefficient (Wildman–Crippen LogP) is 2.04. The third-order valence-corrected chi connectivity index (χ3v) is 3.86. The number of aryl methyl sites for hydroxylation is 5. The molecule has 2 aromatic heterocycles. The molecule has 0 aliphatic carbocycles. The third kappa shape index (κ3) is 6.60. The van der Waals surface area contributed by atoms with E-state index in [2.05, 4.69) is 63.5 Å². The van der Waals surface area contributed by atoms with Gasteiger partial charge in [-0.05, 0) is 52.2 Å². The van der Waals surface area contributed by atoms with Crippen LogP contribution in [0.5, 0.6) is 0 Å². The summed E-state index contributed by atoms with van der Waals surface area (Å²) in [5, 5.41) is 15.5. The minimum atomic E-state index is 0.784. The monoisotopic (exact) mass is 345 g/mol. The molecule has 0 atom stereocenters. The molecule has 7 heteroatoms. The summed E-state index contributed by atoms with van der Waals surface area (Å²) in [6, 6.07) is 2.11. The number of guanidine groups is 1. The molecule has 0 saturated heterocycles. The summed E-state index contributed by atoms with van der Waals surface area (Å²) < 4.78 is 4.03. The molecular weight excluding hydrogens is 314 g/mol. The Bertz CT molecular complexity index is 669. The number of rotatable bonds is 9. The molecular formula is C18H31N7. The zero-order chi connectivity index (χ0) is 18.1. The zero-order valence-electron chi connectivity index (χ0n) is 15.9. The number of nitrogens with zero attached hydrogens (tertiary/aromatic N) is 5. The van der Waals surface area contributed by atoms with Crippen molar-refractivity contribution in [3.8, 4) is 0 Å². The molecule has 2 heterocycles. The fourth-order valence-corrected chi connectivity index (χ4v) is 2.69. The standard InChI is InChI=1S/C18H31N7/c1-5-19-18(20-8-6-10-24-14-15(2)13-22-24)21-9-7-11-25-17(4)12-16(3)23-25/h12-14H,5-11H2,1-4H3,(H2,19,20,21). The van der Waals surface area contributed by atoms with Gasteiger partial charge < -0.3 is 10.6 Å². The lowest BCUT2D eigenvalue weighted by atomic mass is 10.4. The third-order valence-electron chi connectivity index (χ3n) is 3.86. The normalized spacial score (nSPS) is 11.8. The van der Waals surface area contributed by atoms with E-state index in [9.17, 15) is 0 Å². The summed E-state index contributed by atoms with van der Waals surface area (Å²) in [5.74, 6) is 0.882. The number of nitrogens with one attached hydrogen (secondary N) is 2. The molecule has 138 valence electrons. The lowest BCUT2D eigenvalue weighted by molar-refractivity contribution is 0.562. The van der Waals surface area contributed by atoms with Crippen LogP contribution in [0.1, 0.15) is 36.7 Å². The number of hydrogen-bond acceptors (Lipinski definition) is 3. The van der Waals surface area contributed by atoms with Gasteiger partial charge in [-0.3, -0.25) is 14.4 Å². The van der Waals surface area contributed by atoms with Gasteiger partial charge in [-0.15, -0.1) is 0 Å². The maximum atomic E-state index is 4.64. The second kappa shape index (κ2) is 9.86. The molecule has 25 heavy (non-hydrogen) atoms. The van der Waals surface area contributed by atoms with Crippen LogP contribution in [0.4, 0.5) is 0 Å². The van der Waals surface area contributed by atoms with Crippen molar-refractivity contribution in [2.75, 3.05) is 19.6 Å². The van der Waals surface area contributed by atoms with Crippen molar-refractivity contribution in [2.24, 2.45) is 4.99 Å². The van der Waals surface area contributed by atoms with Gasteiger partial charge in [-0.1, -0.05) is 0 Å². The van der Waals surface area contributed by atoms with E-state index in [0.29, 0.717) is 0 Å². The van der Waals surface area contributed by atoms with Crippen molar-refractivity contribution in [2.45, 2.75) is 53.6 Å². The summed E-state index contributed by atoms with van der Waals surface area (Å²) >= 11 is 0. The average Bonchev–Trinajstić information content (AvgIpc) is 3.12. The number of aromatic nitrogens is 4. The quantitative estimate of drug-likeness (QED) is 0.414. The zero-order valence-corrected chi connectivity index (χ0v) is 15.9. The van der Waals surface area contributed by atoms with Gasteiger partial charge >= 0.3 is 0 Å². The van der Waals surface area contributed by atoms with Crippen LogP contribution in [-0.2, 0) is 13.1 Å². The summed E-state index contributed by atoms with van der Waals surface area (Å²) in [4.78, 5) is 4.64. The Hall–Kier alpha value is -2.31. The van der Waals surface area contributed by atoms with Crippen LogP contribution in [0.25, 0.3) is 0 Å². The molecule has 0 aliphatic rings. The largest absolute Gasteiger partial charge is 0.357 e. The van der Waals surface area contributed by atoms with Crippen molar-refractivity contribution in [3.05, 3.63) is 35.4 Å². The first kappa shape index (κ1) is 19.0. The molecule has 2 rings (SSSR count). The van der Waals surface area contributed by atoms with E-state index in [1.54, 1.807) is 0 Å². The van der Waals surface area contributed by atoms with Crippen LogP contribution in [0, 0.1) is 20.8 Å². The fraction of sp³-hybridized carbons (Fsp3) is 0.611. The minimum Gasteiger partial charge on any atom is -0.357 e. The SMILES string of the molecule is CCNC(=NCCCn1nc(C)cc1C)NCCCn1cc(C)cn1. The summed E-state index contributed by atoms with van der Waals surface area (Å²) in [7, 11) is 0. The summed E-state index contributed by atoms with van der Waals surface area (Å²) in [6.07, 6.45) is 5.95. The van der Waals surface area contributed by atoms with Crippen LogP contribution >= 0.6 is 0 Å². The molecule has 0 fully saturated rings. The van der Waals surface area contributed by atoms with E-state index in [1.807, 2.05) is 17.8 Å². The van der Waals surface area contributed by atoms with Crippen molar-refractivity contribution < 1.29 is 0 Å². The molecule has 0 amide bonds. The highest BCUT2D eigenvalue weighted by Crippen LogP contribution is 2.02. The minimum absolute atomic E-state index is 0.784. The van der Waals surface area contributed by atoms with E-state index in [4.69, 9.17) is 0 Å². The van der Waals surface area contributed by atoms with Gasteiger partial charge in [0.05, 0.1) is 11.9 Å². The van der Waals surface area contributed by atoms with Crippen molar-refractivity contribution in [1.82, 2.24) is 30.2 Å². The molecule has 0 spiro atoms. The average molecular weight is 345 g/mol. The van der Waals surface area contributed by atoms with Gasteiger partial charge in [0.1, 0.15) is 0 Å². The van der Waals surface area contributed by atoms with Crippen molar-refractivity contribution in [3.63, 3.8) is 0 Å². The van der Waals surface area contributed by atoms with Gasteiger partial charge in [-0.25, -0.2) is 0 Å². The molecule has 2 aromatic rings. The smallest absolute Gasteiger partial charge is 0.191 e. The molecule has 0 radical (unpaired) electrons. The highest BCUT2D eigenvalue weighted by molar-refractivity contribution is 5.79. The number of hydrogen-bond donors (Lipinski definition) is 2. The second-order valence-electron chi connectivity index (χ2n) is 6.33. The Labute approximate surface area is 150 Å². The fourth-order valence-electron chi connectivity index (χ4n) is 2.69. The molecule has 0 unspecified atom stereocenters. The Morgan fingerprint density at radius 2 is 2.00 bits per heavy atom.